The second-order valence-corrected chi connectivity index (χ2v) is 7.25. The van der Waals surface area contributed by atoms with Gasteiger partial charge >= 0.3 is 0 Å². The van der Waals surface area contributed by atoms with Gasteiger partial charge in [0.25, 0.3) is 5.92 Å². The summed E-state index contributed by atoms with van der Waals surface area (Å²) in [7, 11) is 0. The van der Waals surface area contributed by atoms with Gasteiger partial charge in [0.2, 0.25) is 5.91 Å². The number of ether oxygens (including phenoxy) is 1. The molecule has 1 amide bonds. The average Bonchev–Trinajstić information content (AvgIpc) is 2.92. The van der Waals surface area contributed by atoms with Crippen LogP contribution in [0.15, 0.2) is 0 Å². The van der Waals surface area contributed by atoms with Crippen LogP contribution in [-0.2, 0) is 9.53 Å². The van der Waals surface area contributed by atoms with Crippen molar-refractivity contribution in [2.45, 2.75) is 43.6 Å². The van der Waals surface area contributed by atoms with Gasteiger partial charge in [-0.1, -0.05) is 0 Å². The molecule has 0 saturated carbocycles. The summed E-state index contributed by atoms with van der Waals surface area (Å²) in [5, 5.41) is 10.7. The molecule has 132 valence electrons. The van der Waals surface area contributed by atoms with E-state index in [1.807, 2.05) is 4.90 Å². The van der Waals surface area contributed by atoms with Gasteiger partial charge in [-0.2, -0.15) is 0 Å². The Morgan fingerprint density at radius 1 is 1.13 bits per heavy atom. The Morgan fingerprint density at radius 2 is 1.78 bits per heavy atom. The molecular formula is C16H26F2N2O3. The Kier molecular flexibility index (Phi) is 4.90. The summed E-state index contributed by atoms with van der Waals surface area (Å²) < 4.78 is 31.7. The number of carbonyl (C=O) groups is 1. The summed E-state index contributed by atoms with van der Waals surface area (Å²) in [6.45, 7) is 3.10. The smallest absolute Gasteiger partial charge is 0.250 e. The van der Waals surface area contributed by atoms with E-state index < -0.39 is 11.5 Å². The molecule has 0 aromatic rings. The third-order valence-corrected chi connectivity index (χ3v) is 5.32. The monoisotopic (exact) mass is 332 g/mol. The van der Waals surface area contributed by atoms with Crippen LogP contribution in [0.5, 0.6) is 0 Å². The van der Waals surface area contributed by atoms with Gasteiger partial charge in [0.1, 0.15) is 0 Å². The van der Waals surface area contributed by atoms with Crippen molar-refractivity contribution in [1.29, 1.82) is 0 Å². The minimum absolute atomic E-state index is 0.000205. The first-order chi connectivity index (χ1) is 10.9. The van der Waals surface area contributed by atoms with Crippen LogP contribution in [0.2, 0.25) is 0 Å². The molecule has 5 nitrogen and oxygen atoms in total. The standard InChI is InChI=1S/C16H26F2N2O3/c17-16(18)4-6-19(7-5-16)11-15(22)3-8-20(12-15)14(21)13-1-9-23-10-2-13/h13,22H,1-12H2. The van der Waals surface area contributed by atoms with Crippen LogP contribution in [-0.4, -0.2) is 78.3 Å². The maximum atomic E-state index is 13.2. The molecule has 1 atom stereocenters. The first kappa shape index (κ1) is 17.0. The van der Waals surface area contributed by atoms with Gasteiger partial charge in [0.05, 0.1) is 12.1 Å². The van der Waals surface area contributed by atoms with Crippen LogP contribution in [0, 0.1) is 5.92 Å². The Balaban J connectivity index is 1.50. The van der Waals surface area contributed by atoms with E-state index in [1.54, 1.807) is 4.90 Å². The van der Waals surface area contributed by atoms with Crippen molar-refractivity contribution < 1.29 is 23.4 Å². The van der Waals surface area contributed by atoms with Crippen molar-refractivity contribution in [1.82, 2.24) is 9.80 Å². The van der Waals surface area contributed by atoms with Gasteiger partial charge in [0.15, 0.2) is 0 Å². The topological polar surface area (TPSA) is 53.0 Å². The van der Waals surface area contributed by atoms with Crippen LogP contribution < -0.4 is 0 Å². The predicted molar refractivity (Wildman–Crippen MR) is 80.3 cm³/mol. The second kappa shape index (κ2) is 6.61. The quantitative estimate of drug-likeness (QED) is 0.841. The van der Waals surface area contributed by atoms with Crippen LogP contribution in [0.25, 0.3) is 0 Å². The fourth-order valence-corrected chi connectivity index (χ4v) is 3.83. The van der Waals surface area contributed by atoms with Crippen LogP contribution in [0.1, 0.15) is 32.1 Å². The van der Waals surface area contributed by atoms with E-state index in [-0.39, 0.29) is 24.7 Å². The average molecular weight is 332 g/mol. The summed E-state index contributed by atoms with van der Waals surface area (Å²) in [6.07, 6.45) is 1.72. The Bertz CT molecular complexity index is 433. The number of halogens is 2. The molecule has 0 aromatic carbocycles. The third-order valence-electron chi connectivity index (χ3n) is 5.32. The van der Waals surface area contributed by atoms with Gasteiger partial charge < -0.3 is 14.7 Å². The number of aliphatic hydroxyl groups is 1. The van der Waals surface area contributed by atoms with Crippen LogP contribution >= 0.6 is 0 Å². The molecule has 0 aromatic heterocycles. The summed E-state index contributed by atoms with van der Waals surface area (Å²) in [5.74, 6) is -2.46. The maximum Gasteiger partial charge on any atom is 0.250 e. The molecule has 0 radical (unpaired) electrons. The minimum Gasteiger partial charge on any atom is -0.387 e. The lowest BCUT2D eigenvalue weighted by molar-refractivity contribution is -0.138. The van der Waals surface area contributed by atoms with Crippen molar-refractivity contribution >= 4 is 5.91 Å². The van der Waals surface area contributed by atoms with Gasteiger partial charge in [0, 0.05) is 58.2 Å². The summed E-state index contributed by atoms with van der Waals surface area (Å²) in [5.41, 5.74) is -0.965. The predicted octanol–water partition coefficient (Wildman–Crippen LogP) is 1.11. The number of piperidine rings is 1. The summed E-state index contributed by atoms with van der Waals surface area (Å²) in [4.78, 5) is 16.2. The third kappa shape index (κ3) is 4.19. The van der Waals surface area contributed by atoms with E-state index in [0.717, 1.165) is 12.8 Å². The highest BCUT2D eigenvalue weighted by Gasteiger charge is 2.43. The minimum atomic E-state index is -2.57. The molecule has 3 aliphatic heterocycles. The molecule has 3 fully saturated rings. The zero-order valence-corrected chi connectivity index (χ0v) is 13.5. The Morgan fingerprint density at radius 3 is 2.43 bits per heavy atom. The molecular weight excluding hydrogens is 306 g/mol. The van der Waals surface area contributed by atoms with Gasteiger partial charge in [-0.3, -0.25) is 9.69 Å². The zero-order valence-electron chi connectivity index (χ0n) is 13.5. The lowest BCUT2D eigenvalue weighted by Gasteiger charge is -2.36. The van der Waals surface area contributed by atoms with Crippen molar-refractivity contribution in [3.05, 3.63) is 0 Å². The van der Waals surface area contributed by atoms with Crippen molar-refractivity contribution in [3.8, 4) is 0 Å². The van der Waals surface area contributed by atoms with Gasteiger partial charge in [-0.05, 0) is 19.3 Å². The highest BCUT2D eigenvalue weighted by atomic mass is 19.3. The normalized spacial score (nSPS) is 33.1. The number of rotatable bonds is 3. The van der Waals surface area contributed by atoms with Gasteiger partial charge in [-0.15, -0.1) is 0 Å². The van der Waals surface area contributed by atoms with E-state index >= 15 is 0 Å². The molecule has 7 heteroatoms. The number of likely N-dealkylation sites (tertiary alicyclic amines) is 2. The summed E-state index contributed by atoms with van der Waals surface area (Å²) >= 11 is 0. The molecule has 0 bridgehead atoms. The highest BCUT2D eigenvalue weighted by molar-refractivity contribution is 5.79. The number of hydrogen-bond donors (Lipinski definition) is 1. The number of β-amino-alcohol motifs (C(OH)–C–C–N with tert-alkyl or cyclic N) is 1. The molecule has 3 aliphatic rings. The number of nitrogens with zero attached hydrogens (tertiary/aromatic N) is 2. The fourth-order valence-electron chi connectivity index (χ4n) is 3.83. The first-order valence-corrected chi connectivity index (χ1v) is 8.56. The Labute approximate surface area is 135 Å². The lowest BCUT2D eigenvalue weighted by Crippen LogP contribution is -2.50. The number of carbonyl (C=O) groups excluding carboxylic acids is 1. The molecule has 1 N–H and O–H groups in total. The molecule has 3 saturated heterocycles. The largest absolute Gasteiger partial charge is 0.387 e. The molecule has 3 rings (SSSR count). The van der Waals surface area contributed by atoms with Crippen LogP contribution in [0.4, 0.5) is 8.78 Å². The van der Waals surface area contributed by atoms with Crippen LogP contribution in [0.3, 0.4) is 0 Å². The molecule has 1 unspecified atom stereocenters. The molecule has 0 aliphatic carbocycles. The van der Waals surface area contributed by atoms with E-state index in [2.05, 4.69) is 0 Å². The fraction of sp³-hybridized carbons (Fsp3) is 0.938. The van der Waals surface area contributed by atoms with E-state index in [9.17, 15) is 18.7 Å². The lowest BCUT2D eigenvalue weighted by atomic mass is 9.98. The summed E-state index contributed by atoms with van der Waals surface area (Å²) in [6, 6.07) is 0. The van der Waals surface area contributed by atoms with E-state index in [1.165, 1.54) is 0 Å². The first-order valence-electron chi connectivity index (χ1n) is 8.56. The van der Waals surface area contributed by atoms with E-state index in [0.29, 0.717) is 52.4 Å². The number of hydrogen-bond acceptors (Lipinski definition) is 4. The number of alkyl halides is 2. The Hall–Kier alpha value is -0.790. The second-order valence-electron chi connectivity index (χ2n) is 7.25. The van der Waals surface area contributed by atoms with Crippen molar-refractivity contribution in [2.24, 2.45) is 5.92 Å². The maximum absolute atomic E-state index is 13.2. The highest BCUT2D eigenvalue weighted by Crippen LogP contribution is 2.31. The zero-order chi connectivity index (χ0) is 16.5. The van der Waals surface area contributed by atoms with Gasteiger partial charge in [-0.25, -0.2) is 8.78 Å². The van der Waals surface area contributed by atoms with Crippen molar-refractivity contribution in [3.63, 3.8) is 0 Å². The molecule has 23 heavy (non-hydrogen) atoms. The van der Waals surface area contributed by atoms with Crippen molar-refractivity contribution in [2.75, 3.05) is 45.9 Å². The number of amides is 1. The molecule has 3 heterocycles. The SMILES string of the molecule is O=C(C1CCOCC1)N1CCC(O)(CN2CCC(F)(F)CC2)C1. The molecule has 0 spiro atoms. The van der Waals surface area contributed by atoms with E-state index in [4.69, 9.17) is 4.74 Å².